The van der Waals surface area contributed by atoms with Crippen LogP contribution in [0.5, 0.6) is 0 Å². The van der Waals surface area contributed by atoms with Gasteiger partial charge in [0, 0.05) is 42.6 Å². The van der Waals surface area contributed by atoms with Crippen LogP contribution in [-0.2, 0) is 6.54 Å². The number of imidazole rings is 1. The number of rotatable bonds is 5. The topological polar surface area (TPSA) is 57.0 Å². The molecule has 162 valence electrons. The molecule has 1 aliphatic heterocycles. The van der Waals surface area contributed by atoms with Crippen molar-refractivity contribution in [1.82, 2.24) is 29.1 Å². The van der Waals surface area contributed by atoms with E-state index in [9.17, 15) is 4.79 Å². The largest absolute Gasteiger partial charge is 0.336 e. The van der Waals surface area contributed by atoms with Crippen LogP contribution in [0.25, 0.3) is 4.96 Å². The van der Waals surface area contributed by atoms with Crippen LogP contribution < -0.4 is 0 Å². The number of hydrogen-bond acceptors (Lipinski definition) is 7. The van der Waals surface area contributed by atoms with Gasteiger partial charge in [-0.25, -0.2) is 9.97 Å². The summed E-state index contributed by atoms with van der Waals surface area (Å²) in [4.78, 5) is 31.6. The van der Waals surface area contributed by atoms with E-state index in [0.717, 1.165) is 54.0 Å². The highest BCUT2D eigenvalue weighted by atomic mass is 32.1. The van der Waals surface area contributed by atoms with Crippen molar-refractivity contribution in [2.45, 2.75) is 39.8 Å². The molecule has 9 heteroatoms. The molecule has 1 aliphatic rings. The van der Waals surface area contributed by atoms with Crippen molar-refractivity contribution in [3.8, 4) is 0 Å². The number of aromatic nitrogens is 3. The summed E-state index contributed by atoms with van der Waals surface area (Å²) in [6.45, 7) is 10.5. The molecule has 1 amide bonds. The van der Waals surface area contributed by atoms with Gasteiger partial charge in [-0.15, -0.1) is 22.7 Å². The summed E-state index contributed by atoms with van der Waals surface area (Å²) in [6, 6.07) is 0.161. The summed E-state index contributed by atoms with van der Waals surface area (Å²) >= 11 is 3.31. The molecule has 4 rings (SSSR count). The number of thiazole rings is 2. The first kappa shape index (κ1) is 21.4. The molecule has 30 heavy (non-hydrogen) atoms. The van der Waals surface area contributed by atoms with Gasteiger partial charge in [0.05, 0.1) is 22.4 Å². The molecule has 0 aromatic carbocycles. The molecule has 0 N–H and O–H groups in total. The van der Waals surface area contributed by atoms with Gasteiger partial charge in [0.2, 0.25) is 0 Å². The third kappa shape index (κ3) is 4.16. The van der Waals surface area contributed by atoms with Gasteiger partial charge in [0.15, 0.2) is 10.7 Å². The van der Waals surface area contributed by atoms with E-state index in [-0.39, 0.29) is 11.9 Å². The summed E-state index contributed by atoms with van der Waals surface area (Å²) in [7, 11) is 4.21. The Labute approximate surface area is 186 Å². The predicted octanol–water partition coefficient (Wildman–Crippen LogP) is 3.44. The average molecular weight is 447 g/mol. The van der Waals surface area contributed by atoms with Gasteiger partial charge >= 0.3 is 0 Å². The molecular weight excluding hydrogens is 416 g/mol. The number of fused-ring (bicyclic) bond motifs is 1. The van der Waals surface area contributed by atoms with Crippen molar-refractivity contribution < 1.29 is 4.79 Å². The van der Waals surface area contributed by atoms with E-state index in [4.69, 9.17) is 9.97 Å². The SMILES string of the molecule is Cc1nc(C(C)N(C)Cc2c(C(=O)N3CCCN(C)CC3)nc3sccn23)c(C)s1. The maximum absolute atomic E-state index is 13.4. The number of amides is 1. The number of carbonyl (C=O) groups is 1. The van der Waals surface area contributed by atoms with Gasteiger partial charge in [-0.2, -0.15) is 0 Å². The third-order valence-corrected chi connectivity index (χ3v) is 7.62. The zero-order chi connectivity index (χ0) is 21.4. The second-order valence-electron chi connectivity index (χ2n) is 8.18. The molecule has 0 radical (unpaired) electrons. The summed E-state index contributed by atoms with van der Waals surface area (Å²) in [5, 5.41) is 3.12. The average Bonchev–Trinajstić information content (AvgIpc) is 3.34. The van der Waals surface area contributed by atoms with Gasteiger partial charge in [-0.1, -0.05) is 0 Å². The van der Waals surface area contributed by atoms with Gasteiger partial charge < -0.3 is 9.80 Å². The second-order valence-corrected chi connectivity index (χ2v) is 10.5. The first-order valence-corrected chi connectivity index (χ1v) is 12.1. The third-order valence-electron chi connectivity index (χ3n) is 5.97. The summed E-state index contributed by atoms with van der Waals surface area (Å²) in [5.41, 5.74) is 2.68. The van der Waals surface area contributed by atoms with Gasteiger partial charge in [-0.05, 0) is 47.8 Å². The highest BCUT2D eigenvalue weighted by Gasteiger charge is 2.28. The van der Waals surface area contributed by atoms with Crippen LogP contribution in [0, 0.1) is 13.8 Å². The fourth-order valence-electron chi connectivity index (χ4n) is 4.07. The Morgan fingerprint density at radius 1 is 1.23 bits per heavy atom. The minimum Gasteiger partial charge on any atom is -0.336 e. The Morgan fingerprint density at radius 3 is 2.77 bits per heavy atom. The van der Waals surface area contributed by atoms with E-state index in [1.54, 1.807) is 22.7 Å². The van der Waals surface area contributed by atoms with Crippen molar-refractivity contribution in [2.24, 2.45) is 0 Å². The zero-order valence-electron chi connectivity index (χ0n) is 18.4. The normalized spacial score (nSPS) is 17.1. The molecular formula is C21H30N6OS2. The van der Waals surface area contributed by atoms with Crippen molar-refractivity contribution in [3.05, 3.63) is 38.5 Å². The lowest BCUT2D eigenvalue weighted by Crippen LogP contribution is -2.35. The van der Waals surface area contributed by atoms with Crippen molar-refractivity contribution >= 4 is 33.5 Å². The van der Waals surface area contributed by atoms with Crippen LogP contribution in [0.1, 0.15) is 51.1 Å². The lowest BCUT2D eigenvalue weighted by atomic mass is 10.1. The van der Waals surface area contributed by atoms with E-state index in [1.165, 1.54) is 4.88 Å². The number of carbonyl (C=O) groups excluding carboxylic acids is 1. The molecule has 3 aromatic heterocycles. The van der Waals surface area contributed by atoms with E-state index in [1.807, 2.05) is 16.5 Å². The molecule has 0 bridgehead atoms. The van der Waals surface area contributed by atoms with Crippen LogP contribution in [0.3, 0.4) is 0 Å². The molecule has 0 aliphatic carbocycles. The molecule has 0 saturated carbocycles. The molecule has 3 aromatic rings. The smallest absolute Gasteiger partial charge is 0.274 e. The van der Waals surface area contributed by atoms with Crippen molar-refractivity contribution in [2.75, 3.05) is 40.3 Å². The van der Waals surface area contributed by atoms with Crippen molar-refractivity contribution in [3.63, 3.8) is 0 Å². The molecule has 1 saturated heterocycles. The van der Waals surface area contributed by atoms with Gasteiger partial charge in [0.1, 0.15) is 0 Å². The maximum Gasteiger partial charge on any atom is 0.274 e. The van der Waals surface area contributed by atoms with Gasteiger partial charge in [0.25, 0.3) is 5.91 Å². The predicted molar refractivity (Wildman–Crippen MR) is 123 cm³/mol. The van der Waals surface area contributed by atoms with E-state index >= 15 is 0 Å². The summed E-state index contributed by atoms with van der Waals surface area (Å²) in [6.07, 6.45) is 3.02. The maximum atomic E-state index is 13.4. The lowest BCUT2D eigenvalue weighted by Gasteiger charge is -2.25. The quantitative estimate of drug-likeness (QED) is 0.601. The summed E-state index contributed by atoms with van der Waals surface area (Å²) < 4.78 is 2.07. The number of likely N-dealkylation sites (N-methyl/N-ethyl adjacent to an activating group) is 1. The summed E-state index contributed by atoms with van der Waals surface area (Å²) in [5.74, 6) is 0.0536. The monoisotopic (exact) mass is 446 g/mol. The number of aryl methyl sites for hydroxylation is 2. The minimum atomic E-state index is 0.0536. The van der Waals surface area contributed by atoms with Gasteiger partial charge in [-0.3, -0.25) is 14.1 Å². The highest BCUT2D eigenvalue weighted by Crippen LogP contribution is 2.28. The van der Waals surface area contributed by atoms with E-state index in [2.05, 4.69) is 49.1 Å². The molecule has 1 atom stereocenters. The van der Waals surface area contributed by atoms with Crippen LogP contribution >= 0.6 is 22.7 Å². The Morgan fingerprint density at radius 2 is 2.03 bits per heavy atom. The van der Waals surface area contributed by atoms with Crippen molar-refractivity contribution in [1.29, 1.82) is 0 Å². The fraction of sp³-hybridized carbons (Fsp3) is 0.571. The van der Waals surface area contributed by atoms with Crippen LogP contribution in [-0.4, -0.2) is 75.2 Å². The van der Waals surface area contributed by atoms with Crippen LogP contribution in [0.15, 0.2) is 11.6 Å². The molecule has 0 spiro atoms. The molecule has 1 unspecified atom stereocenters. The fourth-order valence-corrected chi connectivity index (χ4v) is 5.71. The number of hydrogen-bond donors (Lipinski definition) is 0. The Bertz CT molecular complexity index is 1040. The standard InChI is InChI=1S/C21H30N6OS2/c1-14(18-15(2)30-16(3)22-18)25(5)13-17-19(23-21-27(17)11-12-29-21)20(28)26-8-6-7-24(4)9-10-26/h11-12,14H,6-10,13H2,1-5H3. The second kappa shape index (κ2) is 8.74. The first-order chi connectivity index (χ1) is 14.3. The minimum absolute atomic E-state index is 0.0536. The highest BCUT2D eigenvalue weighted by molar-refractivity contribution is 7.15. The first-order valence-electron chi connectivity index (χ1n) is 10.4. The Kier molecular flexibility index (Phi) is 6.24. The lowest BCUT2D eigenvalue weighted by molar-refractivity contribution is 0.0755. The van der Waals surface area contributed by atoms with E-state index in [0.29, 0.717) is 12.2 Å². The molecule has 1 fully saturated rings. The van der Waals surface area contributed by atoms with E-state index < -0.39 is 0 Å². The Hall–Kier alpha value is -1.81. The van der Waals surface area contributed by atoms with Crippen LogP contribution in [0.2, 0.25) is 0 Å². The molecule has 7 nitrogen and oxygen atoms in total. The molecule has 4 heterocycles. The zero-order valence-corrected chi connectivity index (χ0v) is 20.0. The van der Waals surface area contributed by atoms with Crippen LogP contribution in [0.4, 0.5) is 0 Å². The number of nitrogens with zero attached hydrogens (tertiary/aromatic N) is 6. The Balaban J connectivity index is 1.61.